The van der Waals surface area contributed by atoms with Crippen LogP contribution >= 0.6 is 11.8 Å². The van der Waals surface area contributed by atoms with Crippen LogP contribution in [0.15, 0.2) is 14.7 Å². The van der Waals surface area contributed by atoms with Gasteiger partial charge in [-0.2, -0.15) is 4.98 Å². The fraction of sp³-hybridized carbons (Fsp3) is 0.571. The Hall–Kier alpha value is -0.0400. The van der Waals surface area contributed by atoms with Gasteiger partial charge in [0.2, 0.25) is 0 Å². The third kappa shape index (κ3) is 2.98. The third-order valence-corrected chi connectivity index (χ3v) is 2.13. The molecule has 1 N–H and O–H groups in total. The molecule has 0 aromatic carbocycles. The smallest absolute Gasteiger partial charge is 1.00 e. The second kappa shape index (κ2) is 5.75. The molecule has 0 atom stereocenters. The molecule has 5 nitrogen and oxygen atoms in total. The fourth-order valence-electron chi connectivity index (χ4n) is 0.959. The van der Waals surface area contributed by atoms with Crippen LogP contribution in [0, 0.1) is 0 Å². The number of nitrogens with zero attached hydrogens (tertiary/aromatic N) is 2. The van der Waals surface area contributed by atoms with Crippen LogP contribution in [0.1, 0.15) is 21.3 Å². The standard InChI is InChI=1S/C7H11N3O2S.Na.H/c1-4(2)10-6(11)8-5(13-3)9-7(10)12;;/h4H,1-3H3,(H,8,9,11,12);;/q;+1;-1. The molecule has 0 aliphatic heterocycles. The van der Waals surface area contributed by atoms with E-state index in [1.807, 2.05) is 0 Å². The van der Waals surface area contributed by atoms with Crippen molar-refractivity contribution in [3.63, 3.8) is 0 Å². The van der Waals surface area contributed by atoms with Crippen LogP contribution < -0.4 is 40.9 Å². The zero-order chi connectivity index (χ0) is 10.0. The molecule has 1 aromatic heterocycles. The second-order valence-corrected chi connectivity index (χ2v) is 3.59. The summed E-state index contributed by atoms with van der Waals surface area (Å²) in [7, 11) is 0. The molecule has 14 heavy (non-hydrogen) atoms. The predicted octanol–water partition coefficient (Wildman–Crippen LogP) is -2.65. The zero-order valence-corrected chi connectivity index (χ0v) is 11.5. The Morgan fingerprint density at radius 3 is 2.43 bits per heavy atom. The van der Waals surface area contributed by atoms with Gasteiger partial charge in [0.15, 0.2) is 5.16 Å². The van der Waals surface area contributed by atoms with E-state index in [4.69, 9.17) is 0 Å². The van der Waals surface area contributed by atoms with Gasteiger partial charge in [0.1, 0.15) is 0 Å². The van der Waals surface area contributed by atoms with Crippen molar-refractivity contribution in [3.8, 4) is 0 Å². The van der Waals surface area contributed by atoms with Gasteiger partial charge in [-0.3, -0.25) is 4.98 Å². The van der Waals surface area contributed by atoms with E-state index in [1.165, 1.54) is 11.8 Å². The molecule has 0 radical (unpaired) electrons. The van der Waals surface area contributed by atoms with E-state index in [-0.39, 0.29) is 37.0 Å². The number of H-pyrrole nitrogens is 1. The Balaban J connectivity index is 0. The normalized spacial score (nSPS) is 10.0. The summed E-state index contributed by atoms with van der Waals surface area (Å²) in [6.07, 6.45) is 1.75. The molecule has 0 bridgehead atoms. The van der Waals surface area contributed by atoms with Crippen LogP contribution in [0.5, 0.6) is 0 Å². The number of aromatic nitrogens is 3. The quantitative estimate of drug-likeness (QED) is 0.441. The Labute approximate surface area is 109 Å². The minimum Gasteiger partial charge on any atom is -1.00 e. The van der Waals surface area contributed by atoms with Crippen molar-refractivity contribution in [1.29, 1.82) is 0 Å². The molecule has 0 unspecified atom stereocenters. The first kappa shape index (κ1) is 14.0. The fourth-order valence-corrected chi connectivity index (χ4v) is 1.32. The van der Waals surface area contributed by atoms with Crippen LogP contribution in [-0.2, 0) is 0 Å². The average molecular weight is 225 g/mol. The minimum absolute atomic E-state index is 0. The maximum absolute atomic E-state index is 11.3. The zero-order valence-electron chi connectivity index (χ0n) is 9.70. The second-order valence-electron chi connectivity index (χ2n) is 2.80. The van der Waals surface area contributed by atoms with E-state index in [0.717, 1.165) is 4.57 Å². The Kier molecular flexibility index (Phi) is 5.73. The van der Waals surface area contributed by atoms with E-state index in [2.05, 4.69) is 9.97 Å². The number of aromatic amines is 1. The first-order valence-corrected chi connectivity index (χ1v) is 5.05. The van der Waals surface area contributed by atoms with E-state index in [0.29, 0.717) is 5.16 Å². The number of nitrogens with one attached hydrogen (secondary N) is 1. The van der Waals surface area contributed by atoms with E-state index in [1.54, 1.807) is 20.1 Å². The van der Waals surface area contributed by atoms with E-state index in [9.17, 15) is 9.59 Å². The predicted molar refractivity (Wildman–Crippen MR) is 52.4 cm³/mol. The molecule has 0 spiro atoms. The molecule has 0 amide bonds. The number of rotatable bonds is 2. The Bertz CT molecular complexity index is 386. The molecule has 0 aliphatic carbocycles. The van der Waals surface area contributed by atoms with Gasteiger partial charge in [0, 0.05) is 6.04 Å². The summed E-state index contributed by atoms with van der Waals surface area (Å²) in [6.45, 7) is 3.52. The third-order valence-electron chi connectivity index (χ3n) is 1.55. The van der Waals surface area contributed by atoms with Crippen LogP contribution in [0.2, 0.25) is 0 Å². The summed E-state index contributed by atoms with van der Waals surface area (Å²) in [5.41, 5.74) is -0.901. The topological polar surface area (TPSA) is 67.8 Å². The van der Waals surface area contributed by atoms with Gasteiger partial charge in [0.05, 0.1) is 0 Å². The average Bonchev–Trinajstić information content (AvgIpc) is 2.02. The van der Waals surface area contributed by atoms with Crippen molar-refractivity contribution in [2.45, 2.75) is 25.0 Å². The van der Waals surface area contributed by atoms with Gasteiger partial charge in [-0.05, 0) is 20.1 Å². The Morgan fingerprint density at radius 1 is 1.50 bits per heavy atom. The van der Waals surface area contributed by atoms with Crippen molar-refractivity contribution in [2.75, 3.05) is 6.26 Å². The van der Waals surface area contributed by atoms with Gasteiger partial charge < -0.3 is 1.43 Å². The summed E-state index contributed by atoms with van der Waals surface area (Å²) < 4.78 is 1.08. The summed E-state index contributed by atoms with van der Waals surface area (Å²) in [5, 5.41) is 0.354. The van der Waals surface area contributed by atoms with Crippen molar-refractivity contribution >= 4 is 11.8 Å². The van der Waals surface area contributed by atoms with Crippen LogP contribution in [-0.4, -0.2) is 20.8 Å². The van der Waals surface area contributed by atoms with Crippen molar-refractivity contribution in [1.82, 2.24) is 14.5 Å². The summed E-state index contributed by atoms with van der Waals surface area (Å²) in [5.74, 6) is 0. The van der Waals surface area contributed by atoms with Crippen LogP contribution in [0.3, 0.4) is 0 Å². The molecule has 1 aromatic rings. The summed E-state index contributed by atoms with van der Waals surface area (Å²) in [6, 6.07) is -0.167. The van der Waals surface area contributed by atoms with Gasteiger partial charge in [0.25, 0.3) is 0 Å². The first-order valence-electron chi connectivity index (χ1n) is 3.83. The largest absolute Gasteiger partial charge is 1.00 e. The monoisotopic (exact) mass is 225 g/mol. The molecule has 1 heterocycles. The molecule has 0 fully saturated rings. The number of hydrogen-bond donors (Lipinski definition) is 1. The van der Waals surface area contributed by atoms with Crippen molar-refractivity contribution in [2.24, 2.45) is 0 Å². The van der Waals surface area contributed by atoms with E-state index >= 15 is 0 Å². The molecular weight excluding hydrogens is 213 g/mol. The maximum Gasteiger partial charge on any atom is 1.00 e. The van der Waals surface area contributed by atoms with Crippen molar-refractivity contribution < 1.29 is 31.0 Å². The number of thioether (sulfide) groups is 1. The SMILES string of the molecule is CSc1nc(=O)n(C(C)C)c(=O)[nH]1.[H-].[Na+]. The molecule has 74 valence electrons. The molecular formula is C7H12N3NaO2S. The van der Waals surface area contributed by atoms with Gasteiger partial charge >= 0.3 is 40.9 Å². The molecule has 0 saturated heterocycles. The van der Waals surface area contributed by atoms with Gasteiger partial charge in [-0.1, -0.05) is 11.8 Å². The molecule has 0 saturated carbocycles. The molecule has 1 rings (SSSR count). The molecule has 7 heteroatoms. The van der Waals surface area contributed by atoms with Crippen LogP contribution in [0.4, 0.5) is 0 Å². The maximum atomic E-state index is 11.3. The van der Waals surface area contributed by atoms with E-state index < -0.39 is 11.4 Å². The van der Waals surface area contributed by atoms with Gasteiger partial charge in [-0.25, -0.2) is 14.2 Å². The first-order chi connectivity index (χ1) is 6.06. The molecule has 0 aliphatic rings. The number of hydrogen-bond acceptors (Lipinski definition) is 4. The van der Waals surface area contributed by atoms with Crippen LogP contribution in [0.25, 0.3) is 0 Å². The Morgan fingerprint density at radius 2 is 2.07 bits per heavy atom. The summed E-state index contributed by atoms with van der Waals surface area (Å²) >= 11 is 1.24. The summed E-state index contributed by atoms with van der Waals surface area (Å²) in [4.78, 5) is 28.8. The van der Waals surface area contributed by atoms with Crippen molar-refractivity contribution in [3.05, 3.63) is 21.0 Å². The minimum atomic E-state index is -0.497. The van der Waals surface area contributed by atoms with Gasteiger partial charge in [-0.15, -0.1) is 0 Å².